The third-order valence-electron chi connectivity index (χ3n) is 16.7. The van der Waals surface area contributed by atoms with E-state index in [1.54, 1.807) is 6.92 Å². The first kappa shape index (κ1) is 64.8. The molecular weight excluding hydrogens is 1100 g/mol. The molecule has 2 aliphatic rings. The standard InChI is InChI=1S/C75H89N5O2Si.Zn/c1-22-80(38-39-82-71(81)47(2)3)58-26-23-51(24-27-58)25-28-59-61-29-33-65(76-61)69(52-41-54(72(10,11)12)45-55(42-52)73(13,14)15)67-35-31-63(78-67)60(37-40-83(48(4)5,49(6)7)50(8)9)64-32-36-68(79-64)70(66-34-30-62(59)77-66)53-43-56(74(16,17)18)46-57(44-53)75(19,20)21;/h23-24,26-27,29-36,41-46,48-50H,2,22,38-39H2,1,3-21H3;/q-2;+2. The number of ether oxygens (including phenoxy) is 1. The van der Waals surface area contributed by atoms with E-state index >= 15 is 0 Å². The first-order valence-corrected chi connectivity index (χ1v) is 32.1. The Morgan fingerprint density at radius 2 is 0.940 bits per heavy atom. The number of rotatable bonds is 11. The number of esters is 1. The molecule has 84 heavy (non-hydrogen) atoms. The maximum Gasteiger partial charge on any atom is 2.00 e. The molecule has 0 spiro atoms. The molecule has 7 nitrogen and oxygen atoms in total. The SMILES string of the molecule is C=C(C)C(=O)OCCN(CC)c1ccc(C#Cc2c3nc(c(-c4cc(C(C)(C)C)cc(C(C)(C)C)c4)c4ccc([n-]4)c(C#C[Si](C(C)C)(C(C)C)C(C)C)c4nc(c(-c5cc(C(C)(C)C)cc(C(C)(C)C)c5)c5ccc2[n-]5)C=C4)C=C3)cc1.[Zn+2]. The van der Waals surface area contributed by atoms with Gasteiger partial charge in [-0.2, -0.15) is 0 Å². The van der Waals surface area contributed by atoms with Crippen LogP contribution in [0.15, 0.2) is 97.1 Å². The second-order valence-corrected chi connectivity index (χ2v) is 33.5. The van der Waals surface area contributed by atoms with Crippen molar-refractivity contribution in [2.45, 2.75) is 177 Å². The van der Waals surface area contributed by atoms with Crippen LogP contribution in [-0.4, -0.2) is 43.7 Å². The summed E-state index contributed by atoms with van der Waals surface area (Å²) in [5.74, 6) is 10.7. The van der Waals surface area contributed by atoms with Gasteiger partial charge < -0.3 is 19.6 Å². The van der Waals surface area contributed by atoms with Gasteiger partial charge in [-0.1, -0.05) is 210 Å². The molecule has 9 heteroatoms. The Morgan fingerprint density at radius 3 is 1.31 bits per heavy atom. The summed E-state index contributed by atoms with van der Waals surface area (Å²) in [5.41, 5.74) is 23.7. The van der Waals surface area contributed by atoms with Crippen molar-refractivity contribution in [2.75, 3.05) is 24.6 Å². The maximum absolute atomic E-state index is 12.2. The van der Waals surface area contributed by atoms with Gasteiger partial charge >= 0.3 is 25.4 Å². The molecule has 0 amide bonds. The minimum atomic E-state index is -2.23. The number of fused-ring (bicyclic) bond motifs is 8. The normalized spacial score (nSPS) is 12.7. The number of hydrogen-bond donors (Lipinski definition) is 0. The largest absolute Gasteiger partial charge is 2.00 e. The molecule has 8 bridgehead atoms. The first-order valence-electron chi connectivity index (χ1n) is 29.9. The molecule has 3 aromatic heterocycles. The Kier molecular flexibility index (Phi) is 19.3. The van der Waals surface area contributed by atoms with Gasteiger partial charge in [-0.25, -0.2) is 14.8 Å². The fourth-order valence-electron chi connectivity index (χ4n) is 11.5. The van der Waals surface area contributed by atoms with E-state index in [1.807, 2.05) is 12.1 Å². The summed E-state index contributed by atoms with van der Waals surface area (Å²) in [5, 5.41) is 0. The van der Waals surface area contributed by atoms with Crippen molar-refractivity contribution < 1.29 is 29.0 Å². The fourth-order valence-corrected chi connectivity index (χ4v) is 16.8. The molecule has 0 aliphatic carbocycles. The van der Waals surface area contributed by atoms with E-state index in [9.17, 15) is 4.79 Å². The molecule has 0 fully saturated rings. The zero-order valence-corrected chi connectivity index (χ0v) is 58.2. The van der Waals surface area contributed by atoms with E-state index in [0.717, 1.165) is 79.2 Å². The molecule has 0 saturated carbocycles. The van der Waals surface area contributed by atoms with Gasteiger partial charge in [0.05, 0.1) is 29.3 Å². The maximum atomic E-state index is 12.2. The Morgan fingerprint density at radius 1 is 0.560 bits per heavy atom. The number of carbonyl (C=O) groups is 1. The summed E-state index contributed by atoms with van der Waals surface area (Å²) < 4.78 is 5.45. The van der Waals surface area contributed by atoms with E-state index in [-0.39, 0.29) is 53.7 Å². The van der Waals surface area contributed by atoms with Gasteiger partial charge in [-0.3, -0.25) is 0 Å². The molecule has 0 N–H and O–H groups in total. The van der Waals surface area contributed by atoms with Gasteiger partial charge in [0.2, 0.25) is 0 Å². The average Bonchev–Trinajstić information content (AvgIpc) is 2.89. The number of nitrogens with zero attached hydrogens (tertiary/aromatic N) is 5. The van der Waals surface area contributed by atoms with E-state index < -0.39 is 8.07 Å². The van der Waals surface area contributed by atoms with Crippen molar-refractivity contribution in [3.05, 3.63) is 159 Å². The van der Waals surface area contributed by atoms with Crippen molar-refractivity contribution in [3.63, 3.8) is 0 Å². The molecule has 8 rings (SSSR count). The monoisotopic (exact) mass is 1180 g/mol. The molecule has 0 saturated heterocycles. The summed E-state index contributed by atoms with van der Waals surface area (Å²) in [6, 6.07) is 30.8. The van der Waals surface area contributed by atoms with Crippen LogP contribution in [0, 0.1) is 23.3 Å². The van der Waals surface area contributed by atoms with Gasteiger partial charge in [0.25, 0.3) is 0 Å². The second kappa shape index (κ2) is 25.1. The van der Waals surface area contributed by atoms with Gasteiger partial charge in [0, 0.05) is 34.5 Å². The van der Waals surface area contributed by atoms with E-state index in [4.69, 9.17) is 24.7 Å². The molecule has 432 valence electrons. The third kappa shape index (κ3) is 14.0. The summed E-state index contributed by atoms with van der Waals surface area (Å²) in [4.78, 5) is 36.8. The van der Waals surface area contributed by atoms with Gasteiger partial charge in [0.15, 0.2) is 0 Å². The molecule has 2 aliphatic heterocycles. The summed E-state index contributed by atoms with van der Waals surface area (Å²) in [6.07, 6.45) is 8.50. The van der Waals surface area contributed by atoms with Crippen LogP contribution in [0.25, 0.3) is 68.6 Å². The van der Waals surface area contributed by atoms with Crippen LogP contribution in [0.3, 0.4) is 0 Å². The summed E-state index contributed by atoms with van der Waals surface area (Å²) >= 11 is 0. The zero-order chi connectivity index (χ0) is 60.7. The van der Waals surface area contributed by atoms with Crippen LogP contribution in [0.4, 0.5) is 5.69 Å². The molecule has 5 heterocycles. The smallest absolute Gasteiger partial charge is 0.656 e. The van der Waals surface area contributed by atoms with Crippen molar-refractivity contribution in [3.8, 4) is 45.6 Å². The fraction of sp³-hybridized carbons (Fsp3) is 0.400. The van der Waals surface area contributed by atoms with Crippen molar-refractivity contribution in [1.29, 1.82) is 0 Å². The Balaban J connectivity index is 0.0000101. The molecule has 0 unspecified atom stereocenters. The molecular formula is C75H89N5O2SiZn. The molecule has 3 aromatic carbocycles. The number of hydrogen-bond acceptors (Lipinski definition) is 5. The van der Waals surface area contributed by atoms with Gasteiger partial charge in [-0.05, 0) is 145 Å². The Bertz CT molecular complexity index is 3690. The first-order chi connectivity index (χ1) is 38.8. The van der Waals surface area contributed by atoms with Crippen LogP contribution >= 0.6 is 0 Å². The summed E-state index contributed by atoms with van der Waals surface area (Å²) in [6.45, 7) is 50.6. The van der Waals surface area contributed by atoms with E-state index in [0.29, 0.717) is 45.5 Å². The summed E-state index contributed by atoms with van der Waals surface area (Å²) in [7, 11) is -2.23. The van der Waals surface area contributed by atoms with Crippen molar-refractivity contribution in [2.24, 2.45) is 0 Å². The van der Waals surface area contributed by atoms with Gasteiger partial charge in [0.1, 0.15) is 14.7 Å². The Hall–Kier alpha value is -6.77. The predicted octanol–water partition coefficient (Wildman–Crippen LogP) is 18.4. The minimum Gasteiger partial charge on any atom is -0.656 e. The second-order valence-electron chi connectivity index (χ2n) is 27.9. The molecule has 0 radical (unpaired) electrons. The minimum absolute atomic E-state index is 0. The van der Waals surface area contributed by atoms with E-state index in [2.05, 4.69) is 263 Å². The van der Waals surface area contributed by atoms with Crippen LogP contribution in [0.5, 0.6) is 0 Å². The third-order valence-corrected chi connectivity index (χ3v) is 23.0. The number of carbonyl (C=O) groups excluding carboxylic acids is 1. The average molecular weight is 1190 g/mol. The van der Waals surface area contributed by atoms with Gasteiger partial charge in [-0.15, -0.1) is 27.6 Å². The van der Waals surface area contributed by atoms with Crippen molar-refractivity contribution in [1.82, 2.24) is 19.9 Å². The number of benzene rings is 3. The number of anilines is 1. The van der Waals surface area contributed by atoms with E-state index in [1.165, 1.54) is 22.3 Å². The van der Waals surface area contributed by atoms with Crippen LogP contribution < -0.4 is 14.9 Å². The quantitative estimate of drug-likeness (QED) is 0.0552. The Labute approximate surface area is 517 Å². The van der Waals surface area contributed by atoms with Crippen molar-refractivity contribution >= 4 is 66.1 Å². The van der Waals surface area contributed by atoms with Crippen LogP contribution in [0.1, 0.15) is 200 Å². The molecule has 0 atom stereocenters. The number of likely N-dealkylation sites (N-methyl/N-ethyl adjacent to an activating group) is 1. The predicted molar refractivity (Wildman–Crippen MR) is 356 cm³/mol. The molecule has 6 aromatic rings. The van der Waals surface area contributed by atoms with Crippen LogP contribution in [0.2, 0.25) is 16.6 Å². The zero-order valence-electron chi connectivity index (χ0n) is 54.2. The topological polar surface area (TPSA) is 83.5 Å². The van der Waals surface area contributed by atoms with Crippen LogP contribution in [-0.2, 0) is 50.7 Å². The number of aromatic nitrogens is 4.